The van der Waals surface area contributed by atoms with Crippen LogP contribution in [-0.4, -0.2) is 23.1 Å². The van der Waals surface area contributed by atoms with Gasteiger partial charge in [-0.15, -0.1) is 0 Å². The van der Waals surface area contributed by atoms with Gasteiger partial charge in [-0.1, -0.05) is 25.4 Å². The Labute approximate surface area is 134 Å². The summed E-state index contributed by atoms with van der Waals surface area (Å²) in [6.45, 7) is 12.9. The maximum atomic E-state index is 6.50. The van der Waals surface area contributed by atoms with Gasteiger partial charge in [0.1, 0.15) is 5.82 Å². The van der Waals surface area contributed by atoms with Gasteiger partial charge >= 0.3 is 0 Å². The maximum Gasteiger partial charge on any atom is 0.147 e. The Morgan fingerprint density at radius 1 is 1.43 bits per heavy atom. The lowest BCUT2D eigenvalue weighted by atomic mass is 10.0. The van der Waals surface area contributed by atoms with Crippen molar-refractivity contribution in [2.45, 2.75) is 65.6 Å². The average molecular weight is 310 g/mol. The highest BCUT2D eigenvalue weighted by atomic mass is 35.5. The normalized spacial score (nSPS) is 19.6. The van der Waals surface area contributed by atoms with Crippen molar-refractivity contribution in [2.24, 2.45) is 5.92 Å². The van der Waals surface area contributed by atoms with Crippen LogP contribution in [0.1, 0.15) is 53.0 Å². The first kappa shape index (κ1) is 16.6. The lowest BCUT2D eigenvalue weighted by molar-refractivity contribution is 0.424. The number of nitrogens with one attached hydrogen (secondary N) is 1. The fourth-order valence-electron chi connectivity index (χ4n) is 2.89. The molecule has 0 saturated carbocycles. The summed E-state index contributed by atoms with van der Waals surface area (Å²) in [6.07, 6.45) is 4.42. The number of pyridine rings is 1. The van der Waals surface area contributed by atoms with Crippen LogP contribution in [0.25, 0.3) is 0 Å². The standard InChI is InChI=1S/C17H28ClN3/c1-12(2)15-7-6-8-21(15)16-14(18)9-13(10-19-16)11-20-17(3,4)5/h9-10,12,15,20H,6-8,11H2,1-5H3. The molecule has 1 saturated heterocycles. The zero-order valence-electron chi connectivity index (χ0n) is 13.9. The molecule has 1 fully saturated rings. The van der Waals surface area contributed by atoms with Crippen LogP contribution in [0.5, 0.6) is 0 Å². The summed E-state index contributed by atoms with van der Waals surface area (Å²) in [5, 5.41) is 4.24. The lowest BCUT2D eigenvalue weighted by Gasteiger charge is -2.29. The van der Waals surface area contributed by atoms with Crippen LogP contribution < -0.4 is 10.2 Å². The molecule has 2 rings (SSSR count). The van der Waals surface area contributed by atoms with E-state index in [0.717, 1.165) is 29.5 Å². The molecule has 0 amide bonds. The highest BCUT2D eigenvalue weighted by Gasteiger charge is 2.29. The molecule has 118 valence electrons. The summed E-state index contributed by atoms with van der Waals surface area (Å²) < 4.78 is 0. The summed E-state index contributed by atoms with van der Waals surface area (Å²) in [5.74, 6) is 1.58. The Bertz CT molecular complexity index is 479. The second-order valence-corrected chi connectivity index (χ2v) is 7.81. The number of rotatable bonds is 4. The molecular formula is C17H28ClN3. The molecule has 1 atom stereocenters. The van der Waals surface area contributed by atoms with Crippen LogP contribution in [0.2, 0.25) is 5.02 Å². The number of halogens is 1. The Balaban J connectivity index is 2.12. The summed E-state index contributed by atoms with van der Waals surface area (Å²) in [4.78, 5) is 7.03. The van der Waals surface area contributed by atoms with Crippen molar-refractivity contribution in [2.75, 3.05) is 11.4 Å². The minimum Gasteiger partial charge on any atom is -0.352 e. The predicted molar refractivity (Wildman–Crippen MR) is 91.0 cm³/mol. The van der Waals surface area contributed by atoms with E-state index in [4.69, 9.17) is 11.6 Å². The van der Waals surface area contributed by atoms with Crippen molar-refractivity contribution >= 4 is 17.4 Å². The van der Waals surface area contributed by atoms with Crippen molar-refractivity contribution in [3.8, 4) is 0 Å². The summed E-state index contributed by atoms with van der Waals surface area (Å²) in [6, 6.07) is 2.62. The van der Waals surface area contributed by atoms with E-state index in [2.05, 4.69) is 55.9 Å². The molecule has 0 spiro atoms. The first-order valence-corrected chi connectivity index (χ1v) is 8.32. The van der Waals surface area contributed by atoms with E-state index in [1.54, 1.807) is 0 Å². The molecule has 0 radical (unpaired) electrons. The highest BCUT2D eigenvalue weighted by Crippen LogP contribution is 2.33. The Morgan fingerprint density at radius 2 is 2.14 bits per heavy atom. The van der Waals surface area contributed by atoms with Crippen LogP contribution in [0, 0.1) is 5.92 Å². The van der Waals surface area contributed by atoms with E-state index in [-0.39, 0.29) is 5.54 Å². The van der Waals surface area contributed by atoms with Crippen molar-refractivity contribution < 1.29 is 0 Å². The molecule has 3 nitrogen and oxygen atoms in total. The van der Waals surface area contributed by atoms with Gasteiger partial charge in [0.25, 0.3) is 0 Å². The minimum atomic E-state index is 0.100. The van der Waals surface area contributed by atoms with E-state index in [1.807, 2.05) is 6.20 Å². The van der Waals surface area contributed by atoms with Crippen LogP contribution in [0.15, 0.2) is 12.3 Å². The minimum absolute atomic E-state index is 0.100. The van der Waals surface area contributed by atoms with E-state index in [9.17, 15) is 0 Å². The molecule has 0 aromatic carbocycles. The van der Waals surface area contributed by atoms with Gasteiger partial charge in [-0.2, -0.15) is 0 Å². The summed E-state index contributed by atoms with van der Waals surface area (Å²) in [5.41, 5.74) is 1.24. The lowest BCUT2D eigenvalue weighted by Crippen LogP contribution is -2.35. The number of nitrogens with zero attached hydrogens (tertiary/aromatic N) is 2. The van der Waals surface area contributed by atoms with Gasteiger partial charge in [0.05, 0.1) is 5.02 Å². The molecule has 0 bridgehead atoms. The van der Waals surface area contributed by atoms with Crippen LogP contribution in [0.4, 0.5) is 5.82 Å². The molecular weight excluding hydrogens is 282 g/mol. The molecule has 1 N–H and O–H groups in total. The van der Waals surface area contributed by atoms with E-state index in [0.29, 0.717) is 12.0 Å². The van der Waals surface area contributed by atoms with E-state index >= 15 is 0 Å². The zero-order chi connectivity index (χ0) is 15.6. The second kappa shape index (κ2) is 6.53. The Kier molecular flexibility index (Phi) is 5.15. The molecule has 21 heavy (non-hydrogen) atoms. The van der Waals surface area contributed by atoms with Crippen molar-refractivity contribution in [1.82, 2.24) is 10.3 Å². The third kappa shape index (κ3) is 4.33. The van der Waals surface area contributed by atoms with Gasteiger partial charge in [-0.3, -0.25) is 0 Å². The molecule has 4 heteroatoms. The first-order valence-electron chi connectivity index (χ1n) is 7.94. The van der Waals surface area contributed by atoms with Crippen molar-refractivity contribution in [3.05, 3.63) is 22.8 Å². The second-order valence-electron chi connectivity index (χ2n) is 7.40. The largest absolute Gasteiger partial charge is 0.352 e. The number of hydrogen-bond donors (Lipinski definition) is 1. The smallest absolute Gasteiger partial charge is 0.147 e. The fourth-order valence-corrected chi connectivity index (χ4v) is 3.19. The highest BCUT2D eigenvalue weighted by molar-refractivity contribution is 6.33. The number of aromatic nitrogens is 1. The molecule has 1 aliphatic heterocycles. The maximum absolute atomic E-state index is 6.50. The SMILES string of the molecule is CC(C)C1CCCN1c1ncc(CNC(C)(C)C)cc1Cl. The van der Waals surface area contributed by atoms with Crippen LogP contribution in [0.3, 0.4) is 0 Å². The van der Waals surface area contributed by atoms with Crippen molar-refractivity contribution in [3.63, 3.8) is 0 Å². The van der Waals surface area contributed by atoms with Gasteiger partial charge in [-0.05, 0) is 51.2 Å². The van der Waals surface area contributed by atoms with Gasteiger partial charge in [-0.25, -0.2) is 4.98 Å². The average Bonchev–Trinajstić information content (AvgIpc) is 2.84. The Morgan fingerprint density at radius 3 is 2.71 bits per heavy atom. The van der Waals surface area contributed by atoms with Gasteiger partial charge in [0.15, 0.2) is 0 Å². The first-order chi connectivity index (χ1) is 9.78. The molecule has 2 heterocycles. The van der Waals surface area contributed by atoms with E-state index < -0.39 is 0 Å². The third-order valence-corrected chi connectivity index (χ3v) is 4.32. The molecule has 1 aromatic rings. The number of hydrogen-bond acceptors (Lipinski definition) is 3. The van der Waals surface area contributed by atoms with Gasteiger partial charge in [0, 0.05) is 30.9 Å². The molecule has 0 aliphatic carbocycles. The third-order valence-electron chi connectivity index (χ3n) is 4.04. The summed E-state index contributed by atoms with van der Waals surface area (Å²) in [7, 11) is 0. The van der Waals surface area contributed by atoms with Gasteiger partial charge < -0.3 is 10.2 Å². The Hall–Kier alpha value is -0.800. The van der Waals surface area contributed by atoms with Crippen LogP contribution >= 0.6 is 11.6 Å². The fraction of sp³-hybridized carbons (Fsp3) is 0.706. The monoisotopic (exact) mass is 309 g/mol. The quantitative estimate of drug-likeness (QED) is 0.901. The van der Waals surface area contributed by atoms with Gasteiger partial charge in [0.2, 0.25) is 0 Å². The van der Waals surface area contributed by atoms with Crippen molar-refractivity contribution in [1.29, 1.82) is 0 Å². The topological polar surface area (TPSA) is 28.2 Å². The molecule has 1 aromatic heterocycles. The molecule has 1 aliphatic rings. The van der Waals surface area contributed by atoms with E-state index in [1.165, 1.54) is 12.8 Å². The van der Waals surface area contributed by atoms with Crippen LogP contribution in [-0.2, 0) is 6.54 Å². The zero-order valence-corrected chi connectivity index (χ0v) is 14.7. The molecule has 1 unspecified atom stereocenters. The number of anilines is 1. The summed E-state index contributed by atoms with van der Waals surface area (Å²) >= 11 is 6.50. The predicted octanol–water partition coefficient (Wildman–Crippen LogP) is 4.25.